The molecule has 1 aromatic carbocycles. The Kier molecular flexibility index (Phi) is 6.61. The molecule has 0 saturated carbocycles. The van der Waals surface area contributed by atoms with Crippen molar-refractivity contribution in [2.24, 2.45) is 0 Å². The Labute approximate surface area is 149 Å². The number of carbonyl (C=O) groups is 2. The Bertz CT molecular complexity index is 660. The zero-order valence-corrected chi connectivity index (χ0v) is 14.4. The number of carbonyl (C=O) groups excluding carboxylic acids is 2. The third kappa shape index (κ3) is 4.74. The molecule has 8 heteroatoms. The molecule has 1 aliphatic rings. The van der Waals surface area contributed by atoms with E-state index in [4.69, 9.17) is 4.74 Å². The number of hydrogen-bond acceptors (Lipinski definition) is 3. The molecule has 1 amide bonds. The highest BCUT2D eigenvalue weighted by Crippen LogP contribution is 2.34. The summed E-state index contributed by atoms with van der Waals surface area (Å²) in [5, 5.41) is 0. The first-order valence-electron chi connectivity index (χ1n) is 8.60. The van der Waals surface area contributed by atoms with E-state index in [-0.39, 0.29) is 13.2 Å². The number of benzene rings is 1. The van der Waals surface area contributed by atoms with Gasteiger partial charge >= 0.3 is 12.1 Å². The molecule has 26 heavy (non-hydrogen) atoms. The van der Waals surface area contributed by atoms with E-state index in [1.165, 1.54) is 0 Å². The van der Waals surface area contributed by atoms with E-state index in [1.807, 2.05) is 6.92 Å². The molecule has 0 spiro atoms. The Morgan fingerprint density at radius 2 is 2.00 bits per heavy atom. The normalized spacial score (nSPS) is 17.4. The van der Waals surface area contributed by atoms with Crippen LogP contribution in [-0.4, -0.2) is 36.0 Å². The molecule has 2 rings (SSSR count). The quantitative estimate of drug-likeness (QED) is 0.426. The van der Waals surface area contributed by atoms with Crippen LogP contribution in [0.4, 0.5) is 17.6 Å². The van der Waals surface area contributed by atoms with Crippen molar-refractivity contribution in [3.63, 3.8) is 0 Å². The number of esters is 1. The van der Waals surface area contributed by atoms with E-state index in [0.717, 1.165) is 17.7 Å². The maximum atomic E-state index is 13.4. The number of ether oxygens (including phenoxy) is 1. The highest BCUT2D eigenvalue weighted by atomic mass is 19.4. The monoisotopic (exact) mass is 375 g/mol. The third-order valence-corrected chi connectivity index (χ3v) is 4.30. The molecular formula is C18H21F4NO3. The average molecular weight is 375 g/mol. The molecule has 1 heterocycles. The Morgan fingerprint density at radius 3 is 2.65 bits per heavy atom. The van der Waals surface area contributed by atoms with Crippen LogP contribution in [0, 0.1) is 5.82 Å². The van der Waals surface area contributed by atoms with Gasteiger partial charge in [-0.25, -0.2) is 9.18 Å². The van der Waals surface area contributed by atoms with E-state index < -0.39 is 41.0 Å². The molecule has 1 atom stereocenters. The van der Waals surface area contributed by atoms with Crippen molar-refractivity contribution < 1.29 is 31.9 Å². The van der Waals surface area contributed by atoms with Crippen molar-refractivity contribution in [1.82, 2.24) is 4.90 Å². The van der Waals surface area contributed by atoms with Crippen LogP contribution in [-0.2, 0) is 15.7 Å². The van der Waals surface area contributed by atoms with Gasteiger partial charge in [0.1, 0.15) is 11.9 Å². The van der Waals surface area contributed by atoms with Gasteiger partial charge in [-0.1, -0.05) is 19.8 Å². The molecule has 0 aromatic heterocycles. The molecule has 0 bridgehead atoms. The van der Waals surface area contributed by atoms with Crippen LogP contribution in [0.3, 0.4) is 0 Å². The fraction of sp³-hybridized carbons (Fsp3) is 0.556. The standard InChI is InChI=1S/C18H21F4NO3/c1-2-3-4-10-26-17(25)15-6-5-9-23(15)16(24)13-11-12(19)7-8-14(13)18(20,21)22/h7-8,11,15H,2-6,9-10H2,1H3. The number of amides is 1. The SMILES string of the molecule is CCCCCOC(=O)C1CCCN1C(=O)c1cc(F)ccc1C(F)(F)F. The van der Waals surface area contributed by atoms with Crippen LogP contribution >= 0.6 is 0 Å². The highest BCUT2D eigenvalue weighted by molar-refractivity contribution is 5.98. The molecule has 0 radical (unpaired) electrons. The van der Waals surface area contributed by atoms with Crippen molar-refractivity contribution in [3.8, 4) is 0 Å². The van der Waals surface area contributed by atoms with E-state index in [1.54, 1.807) is 0 Å². The second-order valence-corrected chi connectivity index (χ2v) is 6.22. The zero-order chi connectivity index (χ0) is 19.3. The van der Waals surface area contributed by atoms with Crippen molar-refractivity contribution in [2.45, 2.75) is 51.2 Å². The summed E-state index contributed by atoms with van der Waals surface area (Å²) in [5.41, 5.74) is -2.01. The Balaban J connectivity index is 2.18. The summed E-state index contributed by atoms with van der Waals surface area (Å²) in [6.45, 7) is 2.33. The zero-order valence-electron chi connectivity index (χ0n) is 14.4. The van der Waals surface area contributed by atoms with E-state index in [9.17, 15) is 27.2 Å². The van der Waals surface area contributed by atoms with Gasteiger partial charge in [0.15, 0.2) is 0 Å². The average Bonchev–Trinajstić information content (AvgIpc) is 3.06. The lowest BCUT2D eigenvalue weighted by Gasteiger charge is -2.24. The minimum absolute atomic E-state index is 0.126. The molecule has 1 saturated heterocycles. The van der Waals surface area contributed by atoms with Crippen molar-refractivity contribution in [3.05, 3.63) is 35.1 Å². The molecule has 1 aromatic rings. The summed E-state index contributed by atoms with van der Waals surface area (Å²) < 4.78 is 58.0. The molecule has 1 fully saturated rings. The smallest absolute Gasteiger partial charge is 0.417 e. The number of halogens is 4. The topological polar surface area (TPSA) is 46.6 Å². The van der Waals surface area contributed by atoms with Crippen LogP contribution in [0.2, 0.25) is 0 Å². The first-order valence-corrected chi connectivity index (χ1v) is 8.60. The summed E-state index contributed by atoms with van der Waals surface area (Å²) in [6.07, 6.45) is -1.49. The van der Waals surface area contributed by atoms with Crippen LogP contribution in [0.25, 0.3) is 0 Å². The second-order valence-electron chi connectivity index (χ2n) is 6.22. The lowest BCUT2D eigenvalue weighted by molar-refractivity contribution is -0.148. The molecule has 1 aliphatic heterocycles. The number of likely N-dealkylation sites (tertiary alicyclic amines) is 1. The summed E-state index contributed by atoms with van der Waals surface area (Å²) in [5.74, 6) is -2.58. The predicted molar refractivity (Wildman–Crippen MR) is 85.9 cm³/mol. The van der Waals surface area contributed by atoms with Crippen molar-refractivity contribution in [2.75, 3.05) is 13.2 Å². The number of unbranched alkanes of at least 4 members (excludes halogenated alkanes) is 2. The van der Waals surface area contributed by atoms with Gasteiger partial charge < -0.3 is 9.64 Å². The summed E-state index contributed by atoms with van der Waals surface area (Å²) in [4.78, 5) is 25.8. The first kappa shape index (κ1) is 20.2. The molecular weight excluding hydrogens is 354 g/mol. The van der Waals surface area contributed by atoms with Crippen LogP contribution in [0.5, 0.6) is 0 Å². The molecule has 1 unspecified atom stereocenters. The van der Waals surface area contributed by atoms with Gasteiger partial charge in [0.05, 0.1) is 17.7 Å². The Morgan fingerprint density at radius 1 is 1.27 bits per heavy atom. The van der Waals surface area contributed by atoms with Gasteiger partial charge in [-0.3, -0.25) is 4.79 Å². The largest absolute Gasteiger partial charge is 0.464 e. The predicted octanol–water partition coefficient (Wildman–Crippen LogP) is 4.18. The van der Waals surface area contributed by atoms with Crippen LogP contribution < -0.4 is 0 Å². The van der Waals surface area contributed by atoms with Crippen molar-refractivity contribution in [1.29, 1.82) is 0 Å². The second kappa shape index (κ2) is 8.51. The summed E-state index contributed by atoms with van der Waals surface area (Å²) >= 11 is 0. The van der Waals surface area contributed by atoms with Crippen LogP contribution in [0.15, 0.2) is 18.2 Å². The molecule has 144 valence electrons. The van der Waals surface area contributed by atoms with Gasteiger partial charge in [-0.2, -0.15) is 13.2 Å². The van der Waals surface area contributed by atoms with Gasteiger partial charge in [-0.05, 0) is 37.5 Å². The van der Waals surface area contributed by atoms with Crippen molar-refractivity contribution >= 4 is 11.9 Å². The lowest BCUT2D eigenvalue weighted by atomic mass is 10.0. The van der Waals surface area contributed by atoms with Crippen LogP contribution in [0.1, 0.15) is 54.9 Å². The fourth-order valence-corrected chi connectivity index (χ4v) is 2.97. The Hall–Kier alpha value is -2.12. The summed E-state index contributed by atoms with van der Waals surface area (Å²) in [6, 6.07) is 0.820. The number of alkyl halides is 3. The molecule has 0 aliphatic carbocycles. The number of rotatable bonds is 6. The van der Waals surface area contributed by atoms with E-state index in [2.05, 4.69) is 0 Å². The highest BCUT2D eigenvalue weighted by Gasteiger charge is 2.40. The van der Waals surface area contributed by atoms with E-state index in [0.29, 0.717) is 37.5 Å². The van der Waals surface area contributed by atoms with E-state index >= 15 is 0 Å². The van der Waals surface area contributed by atoms with Gasteiger partial charge in [0.25, 0.3) is 5.91 Å². The van der Waals surface area contributed by atoms with Gasteiger partial charge in [0.2, 0.25) is 0 Å². The lowest BCUT2D eigenvalue weighted by Crippen LogP contribution is -2.42. The minimum atomic E-state index is -4.80. The fourth-order valence-electron chi connectivity index (χ4n) is 2.97. The summed E-state index contributed by atoms with van der Waals surface area (Å²) in [7, 11) is 0. The third-order valence-electron chi connectivity index (χ3n) is 4.30. The molecule has 0 N–H and O–H groups in total. The number of hydrogen-bond donors (Lipinski definition) is 0. The van der Waals surface area contributed by atoms with Gasteiger partial charge in [0, 0.05) is 6.54 Å². The number of nitrogens with zero attached hydrogens (tertiary/aromatic N) is 1. The first-order chi connectivity index (χ1) is 12.3. The minimum Gasteiger partial charge on any atom is -0.464 e. The maximum absolute atomic E-state index is 13.4. The molecule has 4 nitrogen and oxygen atoms in total. The van der Waals surface area contributed by atoms with Gasteiger partial charge in [-0.15, -0.1) is 0 Å². The maximum Gasteiger partial charge on any atom is 0.417 e.